The van der Waals surface area contributed by atoms with Crippen LogP contribution in [0.1, 0.15) is 26.3 Å². The van der Waals surface area contributed by atoms with Gasteiger partial charge in [-0.2, -0.15) is 0 Å². The molecule has 0 aliphatic heterocycles. The van der Waals surface area contributed by atoms with E-state index in [2.05, 4.69) is 26.6 Å². The summed E-state index contributed by atoms with van der Waals surface area (Å²) in [6, 6.07) is 5.62. The van der Waals surface area contributed by atoms with Crippen LogP contribution in [0.2, 0.25) is 0 Å². The van der Waals surface area contributed by atoms with Crippen molar-refractivity contribution in [3.8, 4) is 0 Å². The quantitative estimate of drug-likeness (QED) is 0.832. The molecule has 2 amide bonds. The van der Waals surface area contributed by atoms with E-state index in [1.165, 1.54) is 0 Å². The molecule has 1 rings (SSSR count). The SMILES string of the molecule is Cc1cc(Br)ccc1NC(=O)CNC(=O)CSC(C)(C)C. The van der Waals surface area contributed by atoms with Gasteiger partial charge in [-0.1, -0.05) is 36.7 Å². The third-order valence-corrected chi connectivity index (χ3v) is 4.31. The molecule has 1 aromatic rings. The molecule has 21 heavy (non-hydrogen) atoms. The van der Waals surface area contributed by atoms with Gasteiger partial charge in [-0.05, 0) is 30.7 Å². The van der Waals surface area contributed by atoms with Gasteiger partial charge in [0.25, 0.3) is 0 Å². The van der Waals surface area contributed by atoms with Crippen LogP contribution in [-0.2, 0) is 9.59 Å². The molecule has 0 bridgehead atoms. The maximum Gasteiger partial charge on any atom is 0.243 e. The lowest BCUT2D eigenvalue weighted by molar-refractivity contribution is -0.122. The Morgan fingerprint density at radius 2 is 1.90 bits per heavy atom. The number of hydrogen-bond acceptors (Lipinski definition) is 3. The Morgan fingerprint density at radius 1 is 1.24 bits per heavy atom. The molecule has 0 saturated heterocycles. The van der Waals surface area contributed by atoms with Crippen molar-refractivity contribution in [1.82, 2.24) is 5.32 Å². The number of benzene rings is 1. The fourth-order valence-corrected chi connectivity index (χ4v) is 2.62. The molecule has 4 nitrogen and oxygen atoms in total. The zero-order valence-electron chi connectivity index (χ0n) is 12.7. The molecule has 6 heteroatoms. The first-order chi connectivity index (χ1) is 9.67. The lowest BCUT2D eigenvalue weighted by atomic mass is 10.2. The molecule has 0 aromatic heterocycles. The van der Waals surface area contributed by atoms with Crippen LogP contribution in [0, 0.1) is 6.92 Å². The van der Waals surface area contributed by atoms with Crippen LogP contribution in [0.15, 0.2) is 22.7 Å². The number of hydrogen-bond donors (Lipinski definition) is 2. The number of carbonyl (C=O) groups is 2. The second kappa shape index (κ2) is 7.84. The van der Waals surface area contributed by atoms with E-state index in [1.807, 2.05) is 45.9 Å². The van der Waals surface area contributed by atoms with E-state index in [-0.39, 0.29) is 23.1 Å². The normalized spacial score (nSPS) is 11.1. The van der Waals surface area contributed by atoms with Gasteiger partial charge >= 0.3 is 0 Å². The minimum absolute atomic E-state index is 0.0148. The Kier molecular flexibility index (Phi) is 6.74. The number of halogens is 1. The molecular weight excluding hydrogens is 352 g/mol. The summed E-state index contributed by atoms with van der Waals surface area (Å²) >= 11 is 4.93. The van der Waals surface area contributed by atoms with Gasteiger partial charge in [0.1, 0.15) is 0 Å². The van der Waals surface area contributed by atoms with Crippen molar-refractivity contribution in [3.63, 3.8) is 0 Å². The molecule has 0 aliphatic carbocycles. The molecule has 1 aromatic carbocycles. The highest BCUT2D eigenvalue weighted by atomic mass is 79.9. The summed E-state index contributed by atoms with van der Waals surface area (Å²) in [6.07, 6.45) is 0. The molecule has 0 saturated carbocycles. The van der Waals surface area contributed by atoms with E-state index < -0.39 is 0 Å². The highest BCUT2D eigenvalue weighted by Crippen LogP contribution is 2.22. The van der Waals surface area contributed by atoms with Gasteiger partial charge in [0.2, 0.25) is 11.8 Å². The summed E-state index contributed by atoms with van der Waals surface area (Å²) in [5.74, 6) is 0.000744. The van der Waals surface area contributed by atoms with Gasteiger partial charge in [0, 0.05) is 14.9 Å². The van der Waals surface area contributed by atoms with Gasteiger partial charge in [-0.3, -0.25) is 9.59 Å². The van der Waals surface area contributed by atoms with E-state index in [1.54, 1.807) is 11.8 Å². The number of thioether (sulfide) groups is 1. The molecule has 0 aliphatic rings. The van der Waals surface area contributed by atoms with E-state index in [4.69, 9.17) is 0 Å². The molecule has 0 unspecified atom stereocenters. The molecule has 2 N–H and O–H groups in total. The topological polar surface area (TPSA) is 58.2 Å². The second-order valence-electron chi connectivity index (χ2n) is 5.69. The van der Waals surface area contributed by atoms with Crippen molar-refractivity contribution >= 4 is 45.2 Å². The fraction of sp³-hybridized carbons (Fsp3) is 0.467. The summed E-state index contributed by atoms with van der Waals surface area (Å²) in [5.41, 5.74) is 1.72. The predicted molar refractivity (Wildman–Crippen MR) is 92.7 cm³/mol. The number of rotatable bonds is 5. The number of amides is 2. The smallest absolute Gasteiger partial charge is 0.243 e. The largest absolute Gasteiger partial charge is 0.346 e. The van der Waals surface area contributed by atoms with Gasteiger partial charge in [0.05, 0.1) is 12.3 Å². The minimum atomic E-state index is -0.227. The van der Waals surface area contributed by atoms with Crippen LogP contribution in [0.5, 0.6) is 0 Å². The Balaban J connectivity index is 2.39. The van der Waals surface area contributed by atoms with E-state index >= 15 is 0 Å². The van der Waals surface area contributed by atoms with Gasteiger partial charge < -0.3 is 10.6 Å². The monoisotopic (exact) mass is 372 g/mol. The molecule has 0 radical (unpaired) electrons. The van der Waals surface area contributed by atoms with Gasteiger partial charge in [0.15, 0.2) is 0 Å². The Labute approximate surface area is 138 Å². The van der Waals surface area contributed by atoms with Crippen molar-refractivity contribution in [3.05, 3.63) is 28.2 Å². The number of aryl methyl sites for hydroxylation is 1. The van der Waals surface area contributed by atoms with E-state index in [9.17, 15) is 9.59 Å². The molecule has 0 spiro atoms. The number of anilines is 1. The lowest BCUT2D eigenvalue weighted by Gasteiger charge is -2.17. The molecular formula is C15H21BrN2O2S. The Bertz CT molecular complexity index is 527. The van der Waals surface area contributed by atoms with Gasteiger partial charge in [-0.25, -0.2) is 0 Å². The minimum Gasteiger partial charge on any atom is -0.346 e. The highest BCUT2D eigenvalue weighted by Gasteiger charge is 2.14. The van der Waals surface area contributed by atoms with Crippen molar-refractivity contribution in [2.45, 2.75) is 32.4 Å². The summed E-state index contributed by atoms with van der Waals surface area (Å²) in [6.45, 7) is 8.05. The summed E-state index contributed by atoms with van der Waals surface area (Å²) in [4.78, 5) is 23.5. The average Bonchev–Trinajstić information content (AvgIpc) is 2.36. The maximum atomic E-state index is 11.8. The van der Waals surface area contributed by atoms with Crippen molar-refractivity contribution in [2.75, 3.05) is 17.6 Å². The standard InChI is InChI=1S/C15H21BrN2O2S/c1-10-7-11(16)5-6-12(10)18-13(19)8-17-14(20)9-21-15(2,3)4/h5-7H,8-9H2,1-4H3,(H,17,20)(H,18,19). The first kappa shape index (κ1) is 18.0. The van der Waals surface area contributed by atoms with Crippen LogP contribution in [0.3, 0.4) is 0 Å². The Morgan fingerprint density at radius 3 is 2.48 bits per heavy atom. The first-order valence-electron chi connectivity index (χ1n) is 6.64. The number of carbonyl (C=O) groups excluding carboxylic acids is 2. The zero-order valence-corrected chi connectivity index (χ0v) is 15.2. The molecule has 0 heterocycles. The molecule has 116 valence electrons. The summed E-state index contributed by atoms with van der Waals surface area (Å²) in [5, 5.41) is 5.41. The lowest BCUT2D eigenvalue weighted by Crippen LogP contribution is -2.34. The van der Waals surface area contributed by atoms with Crippen molar-refractivity contribution in [1.29, 1.82) is 0 Å². The maximum absolute atomic E-state index is 11.8. The van der Waals surface area contributed by atoms with Crippen LogP contribution < -0.4 is 10.6 Å². The third kappa shape index (κ3) is 7.52. The highest BCUT2D eigenvalue weighted by molar-refractivity contribution is 9.10. The number of nitrogens with one attached hydrogen (secondary N) is 2. The third-order valence-electron chi connectivity index (χ3n) is 2.54. The van der Waals surface area contributed by atoms with Crippen molar-refractivity contribution < 1.29 is 9.59 Å². The van der Waals surface area contributed by atoms with E-state index in [0.717, 1.165) is 15.7 Å². The summed E-state index contributed by atoms with van der Waals surface area (Å²) in [7, 11) is 0. The fourth-order valence-electron chi connectivity index (χ4n) is 1.47. The Hall–Kier alpha value is -1.01. The van der Waals surface area contributed by atoms with Crippen molar-refractivity contribution in [2.24, 2.45) is 0 Å². The predicted octanol–water partition coefficient (Wildman–Crippen LogP) is 3.34. The second-order valence-corrected chi connectivity index (χ2v) is 8.40. The first-order valence-corrected chi connectivity index (χ1v) is 8.42. The van der Waals surface area contributed by atoms with Crippen LogP contribution >= 0.6 is 27.7 Å². The van der Waals surface area contributed by atoms with Crippen LogP contribution in [0.4, 0.5) is 5.69 Å². The van der Waals surface area contributed by atoms with Crippen LogP contribution in [-0.4, -0.2) is 28.9 Å². The average molecular weight is 373 g/mol. The van der Waals surface area contributed by atoms with Gasteiger partial charge in [-0.15, -0.1) is 11.8 Å². The van der Waals surface area contributed by atoms with Crippen LogP contribution in [0.25, 0.3) is 0 Å². The summed E-state index contributed by atoms with van der Waals surface area (Å²) < 4.78 is 0.999. The van der Waals surface area contributed by atoms with E-state index in [0.29, 0.717) is 5.75 Å². The molecule has 0 fully saturated rings. The molecule has 0 atom stereocenters. The zero-order chi connectivity index (χ0) is 16.0.